The van der Waals surface area contributed by atoms with E-state index in [1.807, 2.05) is 40.6 Å². The summed E-state index contributed by atoms with van der Waals surface area (Å²) in [4.78, 5) is 27.1. The lowest BCUT2D eigenvalue weighted by molar-refractivity contribution is -0.134. The van der Waals surface area contributed by atoms with Gasteiger partial charge in [-0.1, -0.05) is 35.9 Å². The minimum atomic E-state index is -0.134. The number of nitrogens with zero attached hydrogens (tertiary/aromatic N) is 1. The molecule has 1 fully saturated rings. The molecule has 8 heteroatoms. The van der Waals surface area contributed by atoms with Crippen molar-refractivity contribution in [2.24, 2.45) is 0 Å². The molecule has 1 unspecified atom stereocenters. The Hall–Kier alpha value is -1.60. The molecule has 2 heterocycles. The Labute approximate surface area is 168 Å². The van der Waals surface area contributed by atoms with Gasteiger partial charge in [-0.2, -0.15) is 0 Å². The van der Waals surface area contributed by atoms with E-state index in [2.05, 4.69) is 10.6 Å². The normalized spacial score (nSPS) is 16.7. The number of amides is 2. The summed E-state index contributed by atoms with van der Waals surface area (Å²) in [7, 11) is 0. The fraction of sp³-hybridized carbons (Fsp3) is 0.333. The summed E-state index contributed by atoms with van der Waals surface area (Å²) in [6, 6.07) is 11.1. The fourth-order valence-corrected chi connectivity index (χ4v) is 3.85. The third-order valence-corrected chi connectivity index (χ3v) is 5.41. The molecular weight excluding hydrogens is 393 g/mol. The highest BCUT2D eigenvalue weighted by Gasteiger charge is 2.28. The highest BCUT2D eigenvalue weighted by Crippen LogP contribution is 2.28. The third-order valence-electron chi connectivity index (χ3n) is 4.20. The number of hydrogen-bond donors (Lipinski definition) is 2. The molecule has 1 aromatic heterocycles. The summed E-state index contributed by atoms with van der Waals surface area (Å²) in [6.07, 6.45) is 0.276. The molecule has 3 rings (SSSR count). The highest BCUT2D eigenvalue weighted by atomic mass is 35.5. The standard InChI is InChI=1S/C18H20ClN3O2S.ClH/c19-14-5-2-1-4-13(14)15-12-20-9-10-22(15)17(23)7-8-21-18(24)16-6-3-11-25-16;/h1-6,11,15,20H,7-10,12H2,(H,21,24);1H. The van der Waals surface area contributed by atoms with Crippen molar-refractivity contribution < 1.29 is 9.59 Å². The maximum absolute atomic E-state index is 12.7. The molecule has 1 saturated heterocycles. The zero-order chi connectivity index (χ0) is 17.6. The van der Waals surface area contributed by atoms with Gasteiger partial charge in [0.2, 0.25) is 5.91 Å². The largest absolute Gasteiger partial charge is 0.351 e. The molecule has 2 N–H and O–H groups in total. The van der Waals surface area contributed by atoms with Gasteiger partial charge >= 0.3 is 0 Å². The minimum Gasteiger partial charge on any atom is -0.351 e. The number of nitrogens with one attached hydrogen (secondary N) is 2. The molecule has 5 nitrogen and oxygen atoms in total. The molecular formula is C18H21Cl2N3O2S. The van der Waals surface area contributed by atoms with Crippen molar-refractivity contribution in [3.8, 4) is 0 Å². The Morgan fingerprint density at radius 2 is 2.08 bits per heavy atom. The van der Waals surface area contributed by atoms with E-state index in [1.54, 1.807) is 6.07 Å². The van der Waals surface area contributed by atoms with E-state index in [-0.39, 0.29) is 36.7 Å². The van der Waals surface area contributed by atoms with Crippen LogP contribution in [0.2, 0.25) is 5.02 Å². The first-order chi connectivity index (χ1) is 12.2. The maximum Gasteiger partial charge on any atom is 0.261 e. The average molecular weight is 414 g/mol. The Kier molecular flexibility index (Phi) is 7.90. The second-order valence-electron chi connectivity index (χ2n) is 5.81. The van der Waals surface area contributed by atoms with E-state index in [0.29, 0.717) is 29.5 Å². The summed E-state index contributed by atoms with van der Waals surface area (Å²) >= 11 is 7.70. The molecule has 1 aromatic carbocycles. The van der Waals surface area contributed by atoms with Crippen LogP contribution in [0.25, 0.3) is 0 Å². The Balaban J connectivity index is 0.00000243. The third kappa shape index (κ3) is 4.98. The number of benzene rings is 1. The Bertz CT molecular complexity index is 740. The van der Waals surface area contributed by atoms with Crippen LogP contribution >= 0.6 is 35.3 Å². The van der Waals surface area contributed by atoms with Crippen molar-refractivity contribution in [1.82, 2.24) is 15.5 Å². The Morgan fingerprint density at radius 3 is 2.81 bits per heavy atom. The monoisotopic (exact) mass is 413 g/mol. The van der Waals surface area contributed by atoms with Crippen LogP contribution in [0.5, 0.6) is 0 Å². The van der Waals surface area contributed by atoms with Crippen LogP contribution in [0, 0.1) is 0 Å². The molecule has 0 bridgehead atoms. The van der Waals surface area contributed by atoms with E-state index < -0.39 is 0 Å². The molecule has 1 aliphatic rings. The van der Waals surface area contributed by atoms with Crippen LogP contribution in [0.1, 0.15) is 27.7 Å². The summed E-state index contributed by atoms with van der Waals surface area (Å²) < 4.78 is 0. The molecule has 26 heavy (non-hydrogen) atoms. The van der Waals surface area contributed by atoms with Crippen LogP contribution in [-0.4, -0.2) is 42.9 Å². The van der Waals surface area contributed by atoms with Gasteiger partial charge in [-0.05, 0) is 23.1 Å². The van der Waals surface area contributed by atoms with Crippen molar-refractivity contribution in [1.29, 1.82) is 0 Å². The van der Waals surface area contributed by atoms with Crippen LogP contribution < -0.4 is 10.6 Å². The first kappa shape index (κ1) is 20.7. The predicted octanol–water partition coefficient (Wildman–Crippen LogP) is 3.12. The second kappa shape index (κ2) is 9.92. The quantitative estimate of drug-likeness (QED) is 0.791. The maximum atomic E-state index is 12.7. The summed E-state index contributed by atoms with van der Waals surface area (Å²) in [5.74, 6) is -0.108. The van der Waals surface area contributed by atoms with Gasteiger partial charge in [0.1, 0.15) is 0 Å². The fourth-order valence-electron chi connectivity index (χ4n) is 2.95. The van der Waals surface area contributed by atoms with Gasteiger partial charge in [-0.3, -0.25) is 9.59 Å². The number of rotatable bonds is 5. The summed E-state index contributed by atoms with van der Waals surface area (Å²) in [5, 5.41) is 8.64. The SMILES string of the molecule is Cl.O=C(NCCC(=O)N1CCNCC1c1ccccc1Cl)c1cccs1. The van der Waals surface area contributed by atoms with Crippen LogP contribution in [-0.2, 0) is 4.79 Å². The molecule has 1 aliphatic heterocycles. The number of hydrogen-bond acceptors (Lipinski definition) is 4. The van der Waals surface area contributed by atoms with Gasteiger partial charge in [-0.15, -0.1) is 23.7 Å². The summed E-state index contributed by atoms with van der Waals surface area (Å²) in [6.45, 7) is 2.40. The van der Waals surface area contributed by atoms with Crippen molar-refractivity contribution in [3.63, 3.8) is 0 Å². The zero-order valence-electron chi connectivity index (χ0n) is 14.1. The van der Waals surface area contributed by atoms with Crippen molar-refractivity contribution in [2.45, 2.75) is 12.5 Å². The number of thiophene rings is 1. The number of carbonyl (C=O) groups excluding carboxylic acids is 2. The number of piperazine rings is 1. The lowest BCUT2D eigenvalue weighted by Gasteiger charge is -2.37. The van der Waals surface area contributed by atoms with Gasteiger partial charge in [0, 0.05) is 37.6 Å². The van der Waals surface area contributed by atoms with Crippen molar-refractivity contribution >= 4 is 47.2 Å². The van der Waals surface area contributed by atoms with E-state index in [9.17, 15) is 9.59 Å². The van der Waals surface area contributed by atoms with E-state index >= 15 is 0 Å². The van der Waals surface area contributed by atoms with Crippen LogP contribution in [0.15, 0.2) is 41.8 Å². The smallest absolute Gasteiger partial charge is 0.261 e. The molecule has 0 radical (unpaired) electrons. The van der Waals surface area contributed by atoms with Crippen molar-refractivity contribution in [2.75, 3.05) is 26.2 Å². The van der Waals surface area contributed by atoms with Gasteiger partial charge in [-0.25, -0.2) is 0 Å². The van der Waals surface area contributed by atoms with Crippen molar-refractivity contribution in [3.05, 3.63) is 57.2 Å². The lowest BCUT2D eigenvalue weighted by atomic mass is 10.0. The van der Waals surface area contributed by atoms with Gasteiger partial charge in [0.15, 0.2) is 0 Å². The minimum absolute atomic E-state index is 0. The topological polar surface area (TPSA) is 61.4 Å². The first-order valence-corrected chi connectivity index (χ1v) is 9.49. The van der Waals surface area contributed by atoms with Crippen LogP contribution in [0.3, 0.4) is 0 Å². The van der Waals surface area contributed by atoms with Gasteiger partial charge < -0.3 is 15.5 Å². The molecule has 1 atom stereocenters. The second-order valence-corrected chi connectivity index (χ2v) is 7.17. The lowest BCUT2D eigenvalue weighted by Crippen LogP contribution is -2.49. The molecule has 2 amide bonds. The molecule has 0 saturated carbocycles. The molecule has 140 valence electrons. The van der Waals surface area contributed by atoms with E-state index in [4.69, 9.17) is 11.6 Å². The Morgan fingerprint density at radius 1 is 1.27 bits per heavy atom. The average Bonchev–Trinajstić information content (AvgIpc) is 3.17. The zero-order valence-corrected chi connectivity index (χ0v) is 16.5. The number of carbonyl (C=O) groups is 2. The molecule has 2 aromatic rings. The predicted molar refractivity (Wildman–Crippen MR) is 107 cm³/mol. The van der Waals surface area contributed by atoms with E-state index in [0.717, 1.165) is 12.1 Å². The van der Waals surface area contributed by atoms with Crippen LogP contribution in [0.4, 0.5) is 0 Å². The first-order valence-electron chi connectivity index (χ1n) is 8.23. The molecule has 0 spiro atoms. The highest BCUT2D eigenvalue weighted by molar-refractivity contribution is 7.12. The summed E-state index contributed by atoms with van der Waals surface area (Å²) in [5.41, 5.74) is 0.951. The number of halogens is 2. The van der Waals surface area contributed by atoms with Gasteiger partial charge in [0.05, 0.1) is 10.9 Å². The molecule has 0 aliphatic carbocycles. The van der Waals surface area contributed by atoms with E-state index in [1.165, 1.54) is 11.3 Å². The van der Waals surface area contributed by atoms with Gasteiger partial charge in [0.25, 0.3) is 5.91 Å².